The van der Waals surface area contributed by atoms with E-state index in [1.165, 1.54) is 0 Å². The predicted molar refractivity (Wildman–Crippen MR) is 59.2 cm³/mol. The quantitative estimate of drug-likeness (QED) is 0.751. The molecule has 1 aromatic heterocycles. The van der Waals surface area contributed by atoms with Gasteiger partial charge in [0, 0.05) is 35.2 Å². The fraction of sp³-hybridized carbons (Fsp3) is 0.111. The first-order valence-electron chi connectivity index (χ1n) is 3.89. The molecule has 1 aromatic carbocycles. The van der Waals surface area contributed by atoms with Crippen molar-refractivity contribution in [2.45, 2.75) is 0 Å². The number of benzene rings is 1. The van der Waals surface area contributed by atoms with E-state index in [1.807, 2.05) is 41.9 Å². The molecule has 0 radical (unpaired) electrons. The zero-order chi connectivity index (χ0) is 9.26. The van der Waals surface area contributed by atoms with E-state index in [0.717, 1.165) is 15.2 Å². The Hall–Kier alpha value is -0.910. The van der Waals surface area contributed by atoms with Gasteiger partial charge in [-0.3, -0.25) is 0 Å². The second-order valence-corrected chi connectivity index (χ2v) is 3.68. The second-order valence-electron chi connectivity index (χ2n) is 2.72. The minimum atomic E-state index is 0.899. The van der Waals surface area contributed by atoms with Crippen LogP contribution in [-0.2, 0) is 7.05 Å². The third kappa shape index (κ3) is 1.58. The van der Waals surface area contributed by atoms with E-state index in [0.29, 0.717) is 0 Å². The second kappa shape index (κ2) is 3.45. The summed E-state index contributed by atoms with van der Waals surface area (Å²) in [5.74, 6) is 0.907. The van der Waals surface area contributed by atoms with Crippen LogP contribution in [0, 0.1) is 3.83 Å². The van der Waals surface area contributed by atoms with Gasteiger partial charge in [-0.25, -0.2) is 0 Å². The Morgan fingerprint density at radius 3 is 2.38 bits per heavy atom. The summed E-state index contributed by atoms with van der Waals surface area (Å²) in [5, 5.41) is 8.08. The first-order chi connectivity index (χ1) is 6.29. The fourth-order valence-corrected chi connectivity index (χ4v) is 1.49. The average Bonchev–Trinajstić information content (AvgIpc) is 2.49. The third-order valence-electron chi connectivity index (χ3n) is 1.85. The number of hydrogen-bond donors (Lipinski definition) is 0. The zero-order valence-electron chi connectivity index (χ0n) is 7.11. The average molecular weight is 285 g/mol. The smallest absolute Gasteiger partial charge is 0.194 e. The van der Waals surface area contributed by atoms with Crippen molar-refractivity contribution in [3.05, 3.63) is 34.2 Å². The Balaban J connectivity index is 2.53. The van der Waals surface area contributed by atoms with Crippen molar-refractivity contribution in [2.24, 2.45) is 7.05 Å². The monoisotopic (exact) mass is 285 g/mol. The van der Waals surface area contributed by atoms with Gasteiger partial charge in [0.05, 0.1) is 0 Å². The van der Waals surface area contributed by atoms with Crippen molar-refractivity contribution in [1.82, 2.24) is 14.8 Å². The van der Waals surface area contributed by atoms with E-state index >= 15 is 0 Å². The molecular formula is C9H8IN3. The van der Waals surface area contributed by atoms with Crippen LogP contribution in [0.25, 0.3) is 11.4 Å². The summed E-state index contributed by atoms with van der Waals surface area (Å²) in [6.45, 7) is 0. The highest BCUT2D eigenvalue weighted by Gasteiger charge is 2.06. The molecule has 0 unspecified atom stereocenters. The summed E-state index contributed by atoms with van der Waals surface area (Å²) in [5.41, 5.74) is 1.10. The lowest BCUT2D eigenvalue weighted by atomic mass is 10.2. The van der Waals surface area contributed by atoms with Gasteiger partial charge in [0.15, 0.2) is 9.66 Å². The lowest BCUT2D eigenvalue weighted by Gasteiger charge is -1.99. The maximum atomic E-state index is 4.09. The lowest BCUT2D eigenvalue weighted by molar-refractivity contribution is 0.885. The van der Waals surface area contributed by atoms with Gasteiger partial charge < -0.3 is 4.57 Å². The van der Waals surface area contributed by atoms with E-state index in [-0.39, 0.29) is 0 Å². The molecule has 4 heteroatoms. The molecule has 0 amide bonds. The van der Waals surface area contributed by atoms with Crippen LogP contribution in [0.2, 0.25) is 0 Å². The summed E-state index contributed by atoms with van der Waals surface area (Å²) in [6, 6.07) is 10.0. The van der Waals surface area contributed by atoms with Crippen LogP contribution in [0.3, 0.4) is 0 Å². The van der Waals surface area contributed by atoms with Crippen molar-refractivity contribution in [3.8, 4) is 11.4 Å². The number of hydrogen-bond acceptors (Lipinski definition) is 2. The minimum absolute atomic E-state index is 0.899. The summed E-state index contributed by atoms with van der Waals surface area (Å²) in [4.78, 5) is 0. The van der Waals surface area contributed by atoms with Gasteiger partial charge in [0.1, 0.15) is 0 Å². The van der Waals surface area contributed by atoms with Crippen molar-refractivity contribution in [3.63, 3.8) is 0 Å². The molecule has 66 valence electrons. The van der Waals surface area contributed by atoms with Gasteiger partial charge >= 0.3 is 0 Å². The molecule has 0 aliphatic rings. The molecule has 0 saturated carbocycles. The Morgan fingerprint density at radius 2 is 1.85 bits per heavy atom. The summed E-state index contributed by atoms with van der Waals surface area (Å²) in [7, 11) is 1.96. The molecule has 0 bridgehead atoms. The van der Waals surface area contributed by atoms with Crippen LogP contribution in [0.15, 0.2) is 30.3 Å². The summed E-state index contributed by atoms with van der Waals surface area (Å²) >= 11 is 2.16. The van der Waals surface area contributed by atoms with Gasteiger partial charge in [-0.2, -0.15) is 0 Å². The molecule has 2 aromatic rings. The zero-order valence-corrected chi connectivity index (χ0v) is 9.26. The molecule has 1 heterocycles. The van der Waals surface area contributed by atoms with E-state index in [1.54, 1.807) is 0 Å². The standard InChI is InChI=1S/C9H8IN3/c1-13-8(11-12-9(13)10)7-5-3-2-4-6-7/h2-6H,1H3. The summed E-state index contributed by atoms with van der Waals surface area (Å²) < 4.78 is 2.87. The minimum Gasteiger partial charge on any atom is -0.306 e. The number of aromatic nitrogens is 3. The van der Waals surface area contributed by atoms with Crippen LogP contribution >= 0.6 is 22.6 Å². The van der Waals surface area contributed by atoms with Gasteiger partial charge in [0.2, 0.25) is 0 Å². The van der Waals surface area contributed by atoms with Crippen LogP contribution in [0.4, 0.5) is 0 Å². The highest BCUT2D eigenvalue weighted by atomic mass is 127. The summed E-state index contributed by atoms with van der Waals surface area (Å²) in [6.07, 6.45) is 0. The lowest BCUT2D eigenvalue weighted by Crippen LogP contribution is -1.94. The van der Waals surface area contributed by atoms with Gasteiger partial charge in [0.25, 0.3) is 0 Å². The molecule has 0 aliphatic carbocycles. The van der Waals surface area contributed by atoms with E-state index in [4.69, 9.17) is 0 Å². The van der Waals surface area contributed by atoms with Crippen LogP contribution in [0.1, 0.15) is 0 Å². The molecule has 13 heavy (non-hydrogen) atoms. The van der Waals surface area contributed by atoms with Crippen molar-refractivity contribution in [1.29, 1.82) is 0 Å². The van der Waals surface area contributed by atoms with Crippen molar-refractivity contribution >= 4 is 22.6 Å². The van der Waals surface area contributed by atoms with Crippen molar-refractivity contribution in [2.75, 3.05) is 0 Å². The topological polar surface area (TPSA) is 30.7 Å². The Bertz CT molecular complexity index is 408. The SMILES string of the molecule is Cn1c(I)nnc1-c1ccccc1. The Kier molecular flexibility index (Phi) is 2.30. The highest BCUT2D eigenvalue weighted by Crippen LogP contribution is 2.16. The number of rotatable bonds is 1. The van der Waals surface area contributed by atoms with Crippen LogP contribution in [-0.4, -0.2) is 14.8 Å². The number of nitrogens with zero attached hydrogens (tertiary/aromatic N) is 3. The maximum Gasteiger partial charge on any atom is 0.194 e. The molecule has 3 nitrogen and oxygen atoms in total. The van der Waals surface area contributed by atoms with E-state index in [2.05, 4.69) is 32.8 Å². The molecule has 0 aliphatic heterocycles. The maximum absolute atomic E-state index is 4.09. The normalized spacial score (nSPS) is 10.3. The molecule has 0 saturated heterocycles. The van der Waals surface area contributed by atoms with E-state index < -0.39 is 0 Å². The Labute approximate surface area is 89.9 Å². The predicted octanol–water partition coefficient (Wildman–Crippen LogP) is 2.09. The van der Waals surface area contributed by atoms with Gasteiger partial charge in [-0.05, 0) is 0 Å². The number of halogens is 1. The molecule has 0 fully saturated rings. The van der Waals surface area contributed by atoms with E-state index in [9.17, 15) is 0 Å². The largest absolute Gasteiger partial charge is 0.306 e. The molecular weight excluding hydrogens is 277 g/mol. The molecule has 0 atom stereocenters. The Morgan fingerprint density at radius 1 is 1.15 bits per heavy atom. The van der Waals surface area contributed by atoms with Crippen LogP contribution < -0.4 is 0 Å². The molecule has 0 N–H and O–H groups in total. The highest BCUT2D eigenvalue weighted by molar-refractivity contribution is 14.1. The third-order valence-corrected chi connectivity index (χ3v) is 2.79. The molecule has 0 spiro atoms. The van der Waals surface area contributed by atoms with Gasteiger partial charge in [-0.15, -0.1) is 10.2 Å². The molecule has 2 rings (SSSR count). The van der Waals surface area contributed by atoms with Crippen LogP contribution in [0.5, 0.6) is 0 Å². The van der Waals surface area contributed by atoms with Crippen molar-refractivity contribution < 1.29 is 0 Å². The van der Waals surface area contributed by atoms with Gasteiger partial charge in [-0.1, -0.05) is 30.3 Å². The fourth-order valence-electron chi connectivity index (χ4n) is 1.15. The first kappa shape index (κ1) is 8.68. The first-order valence-corrected chi connectivity index (χ1v) is 4.97.